The zero-order chi connectivity index (χ0) is 21.1. The number of halogens is 1. The molecule has 156 valence electrons. The SMILES string of the molecule is Cc1ncc(C(=O)N[C@@H]2CN(Cc3cn[nH]c3-c3cccc(F)c3)CC[C@@H]2O)cn1. The van der Waals surface area contributed by atoms with Crippen LogP contribution in [0.4, 0.5) is 4.39 Å². The molecule has 2 atom stereocenters. The van der Waals surface area contributed by atoms with Gasteiger partial charge in [-0.3, -0.25) is 14.8 Å². The number of aromatic nitrogens is 4. The fraction of sp³-hybridized carbons (Fsp3) is 0.333. The molecule has 1 aliphatic rings. The molecule has 30 heavy (non-hydrogen) atoms. The Morgan fingerprint density at radius 1 is 1.33 bits per heavy atom. The van der Waals surface area contributed by atoms with Crippen molar-refractivity contribution >= 4 is 5.91 Å². The van der Waals surface area contributed by atoms with Gasteiger partial charge < -0.3 is 10.4 Å². The first kappa shape index (κ1) is 20.1. The number of aromatic amines is 1. The zero-order valence-electron chi connectivity index (χ0n) is 16.5. The highest BCUT2D eigenvalue weighted by Gasteiger charge is 2.30. The van der Waals surface area contributed by atoms with Gasteiger partial charge in [0.2, 0.25) is 0 Å². The largest absolute Gasteiger partial charge is 0.391 e. The molecule has 1 aliphatic heterocycles. The second kappa shape index (κ2) is 8.68. The number of hydrogen-bond acceptors (Lipinski definition) is 6. The first-order valence-electron chi connectivity index (χ1n) is 9.77. The van der Waals surface area contributed by atoms with Gasteiger partial charge in [-0.15, -0.1) is 0 Å². The van der Waals surface area contributed by atoms with E-state index in [2.05, 4.69) is 30.4 Å². The average molecular weight is 410 g/mol. The van der Waals surface area contributed by atoms with Crippen molar-refractivity contribution in [2.24, 2.45) is 0 Å². The van der Waals surface area contributed by atoms with Crippen LogP contribution in [0, 0.1) is 12.7 Å². The molecule has 1 aromatic carbocycles. The number of H-pyrrole nitrogens is 1. The van der Waals surface area contributed by atoms with Crippen LogP contribution in [0.3, 0.4) is 0 Å². The maximum Gasteiger partial charge on any atom is 0.254 e. The number of rotatable bonds is 5. The van der Waals surface area contributed by atoms with Crippen molar-refractivity contribution in [3.8, 4) is 11.3 Å². The van der Waals surface area contributed by atoms with Crippen LogP contribution in [0.2, 0.25) is 0 Å². The van der Waals surface area contributed by atoms with Gasteiger partial charge in [0.25, 0.3) is 5.91 Å². The summed E-state index contributed by atoms with van der Waals surface area (Å²) in [6.07, 6.45) is 4.57. The third kappa shape index (κ3) is 4.52. The molecule has 0 unspecified atom stereocenters. The number of hydrogen-bond donors (Lipinski definition) is 3. The van der Waals surface area contributed by atoms with E-state index in [0.29, 0.717) is 37.4 Å². The van der Waals surface area contributed by atoms with Crippen LogP contribution in [0.25, 0.3) is 11.3 Å². The quantitative estimate of drug-likeness (QED) is 0.591. The molecule has 8 nitrogen and oxygen atoms in total. The Labute approximate surface area is 173 Å². The van der Waals surface area contributed by atoms with Crippen LogP contribution in [0.5, 0.6) is 0 Å². The third-order valence-electron chi connectivity index (χ3n) is 5.25. The first-order valence-corrected chi connectivity index (χ1v) is 9.77. The van der Waals surface area contributed by atoms with Gasteiger partial charge in [0.05, 0.1) is 29.6 Å². The van der Waals surface area contributed by atoms with Crippen molar-refractivity contribution in [1.82, 2.24) is 30.4 Å². The summed E-state index contributed by atoms with van der Waals surface area (Å²) in [5.41, 5.74) is 2.77. The van der Waals surface area contributed by atoms with Gasteiger partial charge in [-0.05, 0) is 25.5 Å². The van der Waals surface area contributed by atoms with E-state index in [1.54, 1.807) is 19.2 Å². The Bertz CT molecular complexity index is 1020. The summed E-state index contributed by atoms with van der Waals surface area (Å²) in [7, 11) is 0. The maximum absolute atomic E-state index is 13.6. The van der Waals surface area contributed by atoms with Crippen LogP contribution in [-0.2, 0) is 6.54 Å². The highest BCUT2D eigenvalue weighted by atomic mass is 19.1. The fourth-order valence-corrected chi connectivity index (χ4v) is 3.62. The summed E-state index contributed by atoms with van der Waals surface area (Å²) >= 11 is 0. The molecule has 0 radical (unpaired) electrons. The summed E-state index contributed by atoms with van der Waals surface area (Å²) in [5, 5.41) is 20.3. The highest BCUT2D eigenvalue weighted by Crippen LogP contribution is 2.24. The van der Waals surface area contributed by atoms with Crippen molar-refractivity contribution in [2.45, 2.75) is 32.0 Å². The van der Waals surface area contributed by atoms with E-state index < -0.39 is 12.1 Å². The Kier molecular flexibility index (Phi) is 5.82. The van der Waals surface area contributed by atoms with Crippen molar-refractivity contribution in [1.29, 1.82) is 0 Å². The standard InChI is InChI=1S/C21H23FN6O2/c1-13-23-8-15(9-24-13)21(30)26-18-12-28(6-5-19(18)29)11-16-10-25-27-20(16)14-3-2-4-17(22)7-14/h2-4,7-10,18-19,29H,5-6,11-12H2,1H3,(H,25,27)(H,26,30)/t18-,19+/m1/s1. The molecule has 2 aromatic heterocycles. The molecule has 0 aliphatic carbocycles. The van der Waals surface area contributed by atoms with E-state index in [-0.39, 0.29) is 11.7 Å². The van der Waals surface area contributed by atoms with E-state index in [9.17, 15) is 14.3 Å². The van der Waals surface area contributed by atoms with E-state index in [0.717, 1.165) is 16.8 Å². The van der Waals surface area contributed by atoms with Crippen LogP contribution >= 0.6 is 0 Å². The fourth-order valence-electron chi connectivity index (χ4n) is 3.62. The molecule has 0 spiro atoms. The summed E-state index contributed by atoms with van der Waals surface area (Å²) < 4.78 is 13.6. The van der Waals surface area contributed by atoms with Crippen LogP contribution in [0.1, 0.15) is 28.2 Å². The number of benzene rings is 1. The van der Waals surface area contributed by atoms with Crippen molar-refractivity contribution in [3.05, 3.63) is 65.6 Å². The number of aryl methyl sites for hydroxylation is 1. The summed E-state index contributed by atoms with van der Waals surface area (Å²) in [5.74, 6) is -0.0358. The second-order valence-electron chi connectivity index (χ2n) is 7.47. The smallest absolute Gasteiger partial charge is 0.254 e. The minimum absolute atomic E-state index is 0.308. The molecule has 0 bridgehead atoms. The Morgan fingerprint density at radius 2 is 2.13 bits per heavy atom. The molecule has 3 N–H and O–H groups in total. The Balaban J connectivity index is 1.44. The lowest BCUT2D eigenvalue weighted by Crippen LogP contribution is -2.54. The van der Waals surface area contributed by atoms with Crippen molar-refractivity contribution < 1.29 is 14.3 Å². The number of nitrogens with one attached hydrogen (secondary N) is 2. The number of piperidine rings is 1. The number of amides is 1. The number of likely N-dealkylation sites (tertiary alicyclic amines) is 1. The lowest BCUT2D eigenvalue weighted by atomic mass is 10.0. The van der Waals surface area contributed by atoms with E-state index in [1.165, 1.54) is 24.5 Å². The zero-order valence-corrected chi connectivity index (χ0v) is 16.5. The molecule has 0 saturated carbocycles. The van der Waals surface area contributed by atoms with Crippen LogP contribution < -0.4 is 5.32 Å². The van der Waals surface area contributed by atoms with E-state index >= 15 is 0 Å². The number of nitrogens with zero attached hydrogens (tertiary/aromatic N) is 4. The molecule has 3 heterocycles. The molecule has 1 saturated heterocycles. The average Bonchev–Trinajstić information content (AvgIpc) is 3.19. The number of carbonyl (C=O) groups excluding carboxylic acids is 1. The first-order chi connectivity index (χ1) is 14.5. The molecule has 4 rings (SSSR count). The molecule has 1 amide bonds. The van der Waals surface area contributed by atoms with Gasteiger partial charge in [-0.2, -0.15) is 5.10 Å². The number of carbonyl (C=O) groups is 1. The molecule has 9 heteroatoms. The minimum Gasteiger partial charge on any atom is -0.391 e. The van der Waals surface area contributed by atoms with Crippen LogP contribution in [-0.4, -0.2) is 61.3 Å². The Hall–Kier alpha value is -3.17. The van der Waals surface area contributed by atoms with Crippen LogP contribution in [0.15, 0.2) is 42.9 Å². The summed E-state index contributed by atoms with van der Waals surface area (Å²) in [6, 6.07) is 5.93. The van der Waals surface area contributed by atoms with Gasteiger partial charge >= 0.3 is 0 Å². The van der Waals surface area contributed by atoms with Crippen molar-refractivity contribution in [3.63, 3.8) is 0 Å². The minimum atomic E-state index is -0.636. The number of aliphatic hydroxyl groups excluding tert-OH is 1. The van der Waals surface area contributed by atoms with Gasteiger partial charge in [-0.1, -0.05) is 12.1 Å². The van der Waals surface area contributed by atoms with E-state index in [4.69, 9.17) is 0 Å². The van der Waals surface area contributed by atoms with Gasteiger partial charge in [-0.25, -0.2) is 14.4 Å². The van der Waals surface area contributed by atoms with Gasteiger partial charge in [0.1, 0.15) is 11.6 Å². The van der Waals surface area contributed by atoms with Crippen molar-refractivity contribution in [2.75, 3.05) is 13.1 Å². The highest BCUT2D eigenvalue weighted by molar-refractivity contribution is 5.93. The normalized spacial score (nSPS) is 19.6. The Morgan fingerprint density at radius 3 is 2.90 bits per heavy atom. The third-order valence-corrected chi connectivity index (χ3v) is 5.25. The lowest BCUT2D eigenvalue weighted by Gasteiger charge is -2.36. The van der Waals surface area contributed by atoms with E-state index in [1.807, 2.05) is 6.07 Å². The summed E-state index contributed by atoms with van der Waals surface area (Å²) in [4.78, 5) is 22.7. The molecule has 1 fully saturated rings. The second-order valence-corrected chi connectivity index (χ2v) is 7.47. The number of aliphatic hydroxyl groups is 1. The predicted octanol–water partition coefficient (Wildman–Crippen LogP) is 1.68. The molecular formula is C21H23FN6O2. The van der Waals surface area contributed by atoms with Gasteiger partial charge in [0, 0.05) is 43.2 Å². The lowest BCUT2D eigenvalue weighted by molar-refractivity contribution is 0.0410. The monoisotopic (exact) mass is 410 g/mol. The molecule has 3 aromatic rings. The predicted molar refractivity (Wildman–Crippen MR) is 108 cm³/mol. The van der Waals surface area contributed by atoms with Gasteiger partial charge in [0.15, 0.2) is 0 Å². The summed E-state index contributed by atoms with van der Waals surface area (Å²) in [6.45, 7) is 3.47. The topological polar surface area (TPSA) is 107 Å². The maximum atomic E-state index is 13.6. The molecular weight excluding hydrogens is 387 g/mol.